The lowest BCUT2D eigenvalue weighted by atomic mass is 10.5. The molecule has 0 heterocycles. The van der Waals surface area contributed by atoms with Crippen molar-refractivity contribution < 1.29 is 14.6 Å². The Morgan fingerprint density at radius 2 is 2.00 bits per heavy atom. The average Bonchev–Trinajstić information content (AvgIpc) is 1.84. The summed E-state index contributed by atoms with van der Waals surface area (Å²) in [5.41, 5.74) is 0. The molecule has 0 aromatic rings. The molecule has 0 aromatic carbocycles. The van der Waals surface area contributed by atoms with E-state index in [0.29, 0.717) is 4.38 Å². The van der Waals surface area contributed by atoms with E-state index in [9.17, 15) is 4.79 Å². The summed E-state index contributed by atoms with van der Waals surface area (Å²) in [4.78, 5) is 10.4. The lowest BCUT2D eigenvalue weighted by Gasteiger charge is -2.11. The molecule has 5 heteroatoms. The van der Waals surface area contributed by atoms with E-state index >= 15 is 0 Å². The molecule has 0 amide bonds. The first-order valence-corrected chi connectivity index (χ1v) is 4.82. The van der Waals surface area contributed by atoms with Crippen LogP contribution in [-0.2, 0) is 9.53 Å². The van der Waals surface area contributed by atoms with E-state index in [0.717, 1.165) is 11.8 Å². The van der Waals surface area contributed by atoms with Gasteiger partial charge in [-0.3, -0.25) is 4.79 Å². The number of carbonyl (C=O) groups is 1. The molecular weight excluding hydrogens is 196 g/mol. The van der Waals surface area contributed by atoms with E-state index < -0.39 is 11.2 Å². The third-order valence-electron chi connectivity index (χ3n) is 0.953. The molecule has 70 valence electrons. The second-order valence-corrected chi connectivity index (χ2v) is 4.46. The summed E-state index contributed by atoms with van der Waals surface area (Å²) in [5, 5.41) is 7.98. The lowest BCUT2D eigenvalue weighted by molar-refractivity contribution is -0.136. The number of thiocarbonyl (C=S) groups is 1. The van der Waals surface area contributed by atoms with Gasteiger partial charge in [0, 0.05) is 0 Å². The zero-order chi connectivity index (χ0) is 9.72. The standard InChI is InChI=1S/C7H12O3S2/c1-4(2)10-7(11)12-5(3)6(8)9/h4-5H,1-3H3,(H,8,9). The van der Waals surface area contributed by atoms with Gasteiger partial charge >= 0.3 is 5.97 Å². The third kappa shape index (κ3) is 5.37. The van der Waals surface area contributed by atoms with Gasteiger partial charge in [-0.25, -0.2) is 0 Å². The van der Waals surface area contributed by atoms with Crippen LogP contribution in [0.4, 0.5) is 0 Å². The van der Waals surface area contributed by atoms with Gasteiger partial charge in [-0.1, -0.05) is 11.8 Å². The summed E-state index contributed by atoms with van der Waals surface area (Å²) < 4.78 is 5.39. The molecule has 0 aliphatic carbocycles. The summed E-state index contributed by atoms with van der Waals surface area (Å²) in [6.45, 7) is 5.26. The SMILES string of the molecule is CC(C)OC(=S)SC(C)C(=O)O. The summed E-state index contributed by atoms with van der Waals surface area (Å²) in [7, 11) is 0. The lowest BCUT2D eigenvalue weighted by Crippen LogP contribution is -2.16. The van der Waals surface area contributed by atoms with Gasteiger partial charge in [-0.15, -0.1) is 0 Å². The number of carboxylic acid groups (broad SMARTS) is 1. The first-order valence-electron chi connectivity index (χ1n) is 3.53. The second kappa shape index (κ2) is 5.37. The Morgan fingerprint density at radius 3 is 2.33 bits per heavy atom. The van der Waals surface area contributed by atoms with Crippen molar-refractivity contribution in [3.8, 4) is 0 Å². The van der Waals surface area contributed by atoms with Crippen molar-refractivity contribution in [1.82, 2.24) is 0 Å². The molecule has 1 N–H and O–H groups in total. The van der Waals surface area contributed by atoms with Gasteiger partial charge in [0.05, 0.1) is 6.10 Å². The van der Waals surface area contributed by atoms with Gasteiger partial charge in [-0.2, -0.15) is 0 Å². The van der Waals surface area contributed by atoms with Crippen LogP contribution in [0.25, 0.3) is 0 Å². The molecule has 0 spiro atoms. The first-order chi connectivity index (χ1) is 5.43. The summed E-state index contributed by atoms with van der Waals surface area (Å²) in [5.74, 6) is -0.880. The van der Waals surface area contributed by atoms with Gasteiger partial charge in [0.15, 0.2) is 0 Å². The van der Waals surface area contributed by atoms with E-state index in [-0.39, 0.29) is 6.10 Å². The van der Waals surface area contributed by atoms with Crippen molar-refractivity contribution >= 4 is 34.3 Å². The fraction of sp³-hybridized carbons (Fsp3) is 0.714. The minimum atomic E-state index is -0.880. The predicted octanol–water partition coefficient (Wildman–Crippen LogP) is 1.90. The Bertz CT molecular complexity index is 179. The van der Waals surface area contributed by atoms with Crippen LogP contribution < -0.4 is 0 Å². The normalized spacial score (nSPS) is 12.7. The fourth-order valence-corrected chi connectivity index (χ4v) is 1.68. The van der Waals surface area contributed by atoms with Crippen LogP contribution in [-0.4, -0.2) is 26.8 Å². The highest BCUT2D eigenvalue weighted by Crippen LogP contribution is 2.15. The van der Waals surface area contributed by atoms with Gasteiger partial charge in [0.2, 0.25) is 4.38 Å². The highest BCUT2D eigenvalue weighted by molar-refractivity contribution is 8.23. The average molecular weight is 208 g/mol. The van der Waals surface area contributed by atoms with Crippen LogP contribution >= 0.6 is 24.0 Å². The molecule has 0 bridgehead atoms. The van der Waals surface area contributed by atoms with Crippen LogP contribution in [0.2, 0.25) is 0 Å². The fourth-order valence-electron chi connectivity index (χ4n) is 0.415. The molecule has 0 aromatic heterocycles. The smallest absolute Gasteiger partial charge is 0.316 e. The van der Waals surface area contributed by atoms with Crippen molar-refractivity contribution in [1.29, 1.82) is 0 Å². The largest absolute Gasteiger partial charge is 0.480 e. The number of aliphatic carboxylic acids is 1. The Hall–Kier alpha value is -0.290. The van der Waals surface area contributed by atoms with E-state index in [1.807, 2.05) is 13.8 Å². The maximum atomic E-state index is 10.4. The number of thioether (sulfide) groups is 1. The van der Waals surface area contributed by atoms with E-state index in [1.54, 1.807) is 6.92 Å². The maximum Gasteiger partial charge on any atom is 0.316 e. The zero-order valence-corrected chi connectivity index (χ0v) is 8.87. The molecule has 0 rings (SSSR count). The van der Waals surface area contributed by atoms with Crippen molar-refractivity contribution in [2.75, 3.05) is 0 Å². The Balaban J connectivity index is 3.77. The quantitative estimate of drug-likeness (QED) is 0.718. The summed E-state index contributed by atoms with van der Waals surface area (Å²) in [6.07, 6.45) is 0.00555. The molecule has 0 fully saturated rings. The van der Waals surface area contributed by atoms with Crippen LogP contribution in [0.15, 0.2) is 0 Å². The van der Waals surface area contributed by atoms with Gasteiger partial charge in [0.1, 0.15) is 5.25 Å². The predicted molar refractivity (Wildman–Crippen MR) is 53.5 cm³/mol. The Kier molecular flexibility index (Phi) is 5.24. The summed E-state index contributed by atoms with van der Waals surface area (Å²) in [6, 6.07) is 0. The maximum absolute atomic E-state index is 10.4. The monoisotopic (exact) mass is 208 g/mol. The number of rotatable bonds is 3. The molecule has 0 aliphatic rings. The third-order valence-corrected chi connectivity index (χ3v) is 2.18. The van der Waals surface area contributed by atoms with E-state index in [4.69, 9.17) is 22.1 Å². The molecule has 1 unspecified atom stereocenters. The van der Waals surface area contributed by atoms with Crippen LogP contribution in [0.3, 0.4) is 0 Å². The first kappa shape index (κ1) is 11.7. The molecule has 1 atom stereocenters. The van der Waals surface area contributed by atoms with Crippen molar-refractivity contribution in [3.63, 3.8) is 0 Å². The van der Waals surface area contributed by atoms with Gasteiger partial charge in [-0.05, 0) is 33.0 Å². The van der Waals surface area contributed by atoms with Crippen molar-refractivity contribution in [3.05, 3.63) is 0 Å². The van der Waals surface area contributed by atoms with Crippen LogP contribution in [0.1, 0.15) is 20.8 Å². The number of hydrogen-bond donors (Lipinski definition) is 1. The topological polar surface area (TPSA) is 46.5 Å². The highest BCUT2D eigenvalue weighted by atomic mass is 32.2. The Morgan fingerprint density at radius 1 is 1.50 bits per heavy atom. The molecule has 0 aliphatic heterocycles. The van der Waals surface area contributed by atoms with Gasteiger partial charge in [0.25, 0.3) is 0 Å². The van der Waals surface area contributed by atoms with Crippen LogP contribution in [0.5, 0.6) is 0 Å². The molecule has 12 heavy (non-hydrogen) atoms. The minimum absolute atomic E-state index is 0.00555. The Labute approximate surface area is 81.5 Å². The van der Waals surface area contributed by atoms with Crippen LogP contribution in [0, 0.1) is 0 Å². The van der Waals surface area contributed by atoms with Gasteiger partial charge < -0.3 is 9.84 Å². The molecule has 0 saturated heterocycles. The molecular formula is C7H12O3S2. The zero-order valence-electron chi connectivity index (χ0n) is 7.23. The van der Waals surface area contributed by atoms with E-state index in [2.05, 4.69) is 0 Å². The summed E-state index contributed by atoms with van der Waals surface area (Å²) >= 11 is 5.85. The number of hydrogen-bond acceptors (Lipinski definition) is 4. The molecule has 3 nitrogen and oxygen atoms in total. The minimum Gasteiger partial charge on any atom is -0.480 e. The molecule has 0 radical (unpaired) electrons. The highest BCUT2D eigenvalue weighted by Gasteiger charge is 2.15. The van der Waals surface area contributed by atoms with E-state index in [1.165, 1.54) is 0 Å². The number of carboxylic acids is 1. The molecule has 0 saturated carbocycles. The number of ether oxygens (including phenoxy) is 1. The second-order valence-electron chi connectivity index (χ2n) is 2.51. The van der Waals surface area contributed by atoms with Crippen molar-refractivity contribution in [2.45, 2.75) is 32.1 Å². The van der Waals surface area contributed by atoms with Crippen molar-refractivity contribution in [2.24, 2.45) is 0 Å².